The number of hydrogen-bond donors (Lipinski definition) is 1. The van der Waals surface area contributed by atoms with E-state index in [0.29, 0.717) is 31.9 Å². The molecule has 1 amide bonds. The molecule has 5 heteroatoms. The molecule has 3 rings (SSSR count). The van der Waals surface area contributed by atoms with E-state index in [4.69, 9.17) is 9.47 Å². The van der Waals surface area contributed by atoms with Crippen molar-refractivity contribution in [1.82, 2.24) is 10.3 Å². The molecule has 5 nitrogen and oxygen atoms in total. The lowest BCUT2D eigenvalue weighted by Gasteiger charge is -2.25. The summed E-state index contributed by atoms with van der Waals surface area (Å²) in [4.78, 5) is 16.1. The second-order valence-electron chi connectivity index (χ2n) is 6.02. The zero-order valence-corrected chi connectivity index (χ0v) is 13.8. The summed E-state index contributed by atoms with van der Waals surface area (Å²) >= 11 is 0. The monoisotopic (exact) mass is 326 g/mol. The quantitative estimate of drug-likeness (QED) is 0.885. The Hall–Kier alpha value is -2.56. The Kier molecular flexibility index (Phi) is 5.31. The van der Waals surface area contributed by atoms with Gasteiger partial charge >= 0.3 is 0 Å². The molecule has 24 heavy (non-hydrogen) atoms. The van der Waals surface area contributed by atoms with Gasteiger partial charge in [-0.2, -0.15) is 0 Å². The van der Waals surface area contributed by atoms with Crippen LogP contribution in [0.15, 0.2) is 42.7 Å². The van der Waals surface area contributed by atoms with E-state index >= 15 is 0 Å². The number of methoxy groups -OCH3 is 1. The van der Waals surface area contributed by atoms with Crippen LogP contribution in [-0.2, 0) is 17.6 Å². The molecule has 0 fully saturated rings. The van der Waals surface area contributed by atoms with Gasteiger partial charge in [-0.25, -0.2) is 0 Å². The van der Waals surface area contributed by atoms with Crippen LogP contribution in [0, 0.1) is 5.92 Å². The summed E-state index contributed by atoms with van der Waals surface area (Å²) in [6.07, 6.45) is 5.63. The number of aryl methyl sites for hydroxylation is 1. The van der Waals surface area contributed by atoms with Gasteiger partial charge in [-0.05, 0) is 36.1 Å². The maximum Gasteiger partial charge on any atom is 0.220 e. The van der Waals surface area contributed by atoms with Crippen LogP contribution >= 0.6 is 0 Å². The lowest BCUT2D eigenvalue weighted by Crippen LogP contribution is -2.34. The summed E-state index contributed by atoms with van der Waals surface area (Å²) in [6, 6.07) is 9.76. The Morgan fingerprint density at radius 3 is 3.12 bits per heavy atom. The molecule has 1 aromatic carbocycles. The molecule has 1 aliphatic heterocycles. The van der Waals surface area contributed by atoms with Gasteiger partial charge in [0.15, 0.2) is 0 Å². The third-order valence-electron chi connectivity index (χ3n) is 4.21. The minimum Gasteiger partial charge on any atom is -0.497 e. The maximum absolute atomic E-state index is 12.0. The number of hydrogen-bond acceptors (Lipinski definition) is 4. The number of rotatable bonds is 6. The number of aromatic nitrogens is 1. The first-order valence-corrected chi connectivity index (χ1v) is 8.20. The fourth-order valence-electron chi connectivity index (χ4n) is 2.82. The molecule has 0 radical (unpaired) electrons. The van der Waals surface area contributed by atoms with Crippen molar-refractivity contribution in [1.29, 1.82) is 0 Å². The molecule has 1 atom stereocenters. The highest BCUT2D eigenvalue weighted by Crippen LogP contribution is 2.30. The van der Waals surface area contributed by atoms with Crippen molar-refractivity contribution >= 4 is 5.91 Å². The molecule has 2 aromatic rings. The number of amides is 1. The Bertz CT molecular complexity index is 688. The molecule has 1 aliphatic rings. The first kappa shape index (κ1) is 16.3. The molecule has 0 saturated heterocycles. The largest absolute Gasteiger partial charge is 0.497 e. The van der Waals surface area contributed by atoms with E-state index in [0.717, 1.165) is 29.0 Å². The molecule has 1 N–H and O–H groups in total. The van der Waals surface area contributed by atoms with E-state index in [1.54, 1.807) is 19.5 Å². The highest BCUT2D eigenvalue weighted by molar-refractivity contribution is 5.76. The Balaban J connectivity index is 1.44. The second kappa shape index (κ2) is 7.81. The number of carbonyl (C=O) groups is 1. The van der Waals surface area contributed by atoms with Crippen molar-refractivity contribution < 1.29 is 14.3 Å². The molecular formula is C19H22N2O3. The number of benzene rings is 1. The lowest BCUT2D eigenvalue weighted by atomic mass is 9.96. The van der Waals surface area contributed by atoms with Crippen LogP contribution in [0.5, 0.6) is 11.5 Å². The van der Waals surface area contributed by atoms with Gasteiger partial charge in [0, 0.05) is 37.3 Å². The first-order valence-electron chi connectivity index (χ1n) is 8.20. The van der Waals surface area contributed by atoms with Gasteiger partial charge in [-0.15, -0.1) is 0 Å². The van der Waals surface area contributed by atoms with E-state index in [2.05, 4.69) is 10.3 Å². The number of nitrogens with one attached hydrogen (secondary N) is 1. The maximum atomic E-state index is 12.0. The molecule has 0 spiro atoms. The van der Waals surface area contributed by atoms with E-state index < -0.39 is 0 Å². The topological polar surface area (TPSA) is 60.5 Å². The van der Waals surface area contributed by atoms with Gasteiger partial charge in [-0.1, -0.05) is 12.1 Å². The van der Waals surface area contributed by atoms with Crippen LogP contribution in [-0.4, -0.2) is 31.2 Å². The van der Waals surface area contributed by atoms with E-state index in [-0.39, 0.29) is 5.91 Å². The summed E-state index contributed by atoms with van der Waals surface area (Å²) in [6.45, 7) is 1.25. The Labute approximate surface area is 142 Å². The summed E-state index contributed by atoms with van der Waals surface area (Å²) in [5.41, 5.74) is 2.24. The van der Waals surface area contributed by atoms with Gasteiger partial charge in [0.25, 0.3) is 0 Å². The molecule has 0 unspecified atom stereocenters. The van der Waals surface area contributed by atoms with E-state index in [1.165, 1.54) is 0 Å². The second-order valence-corrected chi connectivity index (χ2v) is 6.02. The van der Waals surface area contributed by atoms with Crippen molar-refractivity contribution in [3.8, 4) is 11.5 Å². The van der Waals surface area contributed by atoms with Crippen LogP contribution in [0.3, 0.4) is 0 Å². The number of ether oxygens (including phenoxy) is 2. The smallest absolute Gasteiger partial charge is 0.220 e. The Morgan fingerprint density at radius 2 is 2.33 bits per heavy atom. The fourth-order valence-corrected chi connectivity index (χ4v) is 2.82. The highest BCUT2D eigenvalue weighted by Gasteiger charge is 2.20. The first-order chi connectivity index (χ1) is 11.7. The number of carbonyl (C=O) groups excluding carboxylic acids is 1. The van der Waals surface area contributed by atoms with Gasteiger partial charge < -0.3 is 14.8 Å². The molecule has 0 saturated carbocycles. The summed E-state index contributed by atoms with van der Waals surface area (Å²) in [5.74, 6) is 2.05. The molecule has 0 bridgehead atoms. The van der Waals surface area contributed by atoms with Crippen molar-refractivity contribution in [2.45, 2.75) is 19.3 Å². The summed E-state index contributed by atoms with van der Waals surface area (Å²) in [5, 5.41) is 3.01. The lowest BCUT2D eigenvalue weighted by molar-refractivity contribution is -0.121. The SMILES string of the molecule is COc1ccc2c(c1)OC[C@H](CNC(=O)CCc1cccnc1)C2. The van der Waals surface area contributed by atoms with Crippen LogP contribution in [0.2, 0.25) is 0 Å². The summed E-state index contributed by atoms with van der Waals surface area (Å²) in [7, 11) is 1.65. The van der Waals surface area contributed by atoms with Crippen molar-refractivity contribution in [3.05, 3.63) is 53.9 Å². The number of fused-ring (bicyclic) bond motifs is 1. The minimum absolute atomic E-state index is 0.0689. The number of pyridine rings is 1. The third kappa shape index (κ3) is 4.25. The Morgan fingerprint density at radius 1 is 1.42 bits per heavy atom. The van der Waals surface area contributed by atoms with Crippen molar-refractivity contribution in [2.75, 3.05) is 20.3 Å². The predicted octanol–water partition coefficient (Wildman–Crippen LogP) is 2.39. The normalized spacial score (nSPS) is 16.0. The molecular weight excluding hydrogens is 304 g/mol. The standard InChI is InChI=1S/C19H22N2O3/c1-23-17-6-5-16-9-15(13-24-18(16)10-17)12-21-19(22)7-4-14-3-2-8-20-11-14/h2-3,5-6,8,10-11,15H,4,7,9,12-13H2,1H3,(H,21,22)/t15-/m0/s1. The van der Waals surface area contributed by atoms with E-state index in [9.17, 15) is 4.79 Å². The van der Waals surface area contributed by atoms with Gasteiger partial charge in [-0.3, -0.25) is 9.78 Å². The van der Waals surface area contributed by atoms with E-state index in [1.807, 2.05) is 30.3 Å². The van der Waals surface area contributed by atoms with Crippen molar-refractivity contribution in [2.24, 2.45) is 5.92 Å². The molecule has 126 valence electrons. The predicted molar refractivity (Wildman–Crippen MR) is 91.3 cm³/mol. The van der Waals surface area contributed by atoms with Crippen LogP contribution in [0.25, 0.3) is 0 Å². The molecule has 2 heterocycles. The van der Waals surface area contributed by atoms with Gasteiger partial charge in [0.2, 0.25) is 5.91 Å². The van der Waals surface area contributed by atoms with Crippen LogP contribution in [0.4, 0.5) is 0 Å². The van der Waals surface area contributed by atoms with Crippen LogP contribution in [0.1, 0.15) is 17.5 Å². The zero-order chi connectivity index (χ0) is 16.8. The van der Waals surface area contributed by atoms with Gasteiger partial charge in [0.1, 0.15) is 11.5 Å². The highest BCUT2D eigenvalue weighted by atomic mass is 16.5. The minimum atomic E-state index is 0.0689. The average Bonchev–Trinajstić information content (AvgIpc) is 2.65. The fraction of sp³-hybridized carbons (Fsp3) is 0.368. The average molecular weight is 326 g/mol. The van der Waals surface area contributed by atoms with Crippen molar-refractivity contribution in [3.63, 3.8) is 0 Å². The van der Waals surface area contributed by atoms with Crippen LogP contribution < -0.4 is 14.8 Å². The third-order valence-corrected chi connectivity index (χ3v) is 4.21. The zero-order valence-electron chi connectivity index (χ0n) is 13.8. The molecule has 0 aliphatic carbocycles. The van der Waals surface area contributed by atoms with Gasteiger partial charge in [0.05, 0.1) is 13.7 Å². The number of nitrogens with zero attached hydrogens (tertiary/aromatic N) is 1. The molecule has 1 aromatic heterocycles. The summed E-state index contributed by atoms with van der Waals surface area (Å²) < 4.78 is 11.0.